The van der Waals surface area contributed by atoms with Gasteiger partial charge in [0.1, 0.15) is 12.4 Å². The lowest BCUT2D eigenvalue weighted by molar-refractivity contribution is -0.384. The third kappa shape index (κ3) is 4.28. The highest BCUT2D eigenvalue weighted by Gasteiger charge is 2.27. The SMILES string of the molecule is COc1ccccc1N(CN1CCCC1=O)C(=O)Cc1ccc([N+](=O)[O-])cc1. The van der Waals surface area contributed by atoms with Gasteiger partial charge in [-0.1, -0.05) is 24.3 Å². The number of rotatable bonds is 7. The monoisotopic (exact) mass is 383 g/mol. The van der Waals surface area contributed by atoms with Crippen LogP contribution in [0.1, 0.15) is 18.4 Å². The Kier molecular flexibility index (Phi) is 5.88. The molecule has 0 N–H and O–H groups in total. The van der Waals surface area contributed by atoms with Crippen LogP contribution >= 0.6 is 0 Å². The van der Waals surface area contributed by atoms with Gasteiger partial charge in [-0.25, -0.2) is 0 Å². The summed E-state index contributed by atoms with van der Waals surface area (Å²) in [7, 11) is 1.53. The zero-order chi connectivity index (χ0) is 20.1. The summed E-state index contributed by atoms with van der Waals surface area (Å²) in [5.74, 6) is 0.326. The lowest BCUT2D eigenvalue weighted by Crippen LogP contribution is -2.43. The standard InChI is InChI=1S/C20H21N3O5/c1-28-18-6-3-2-5-17(18)22(14-21-12-4-7-19(21)24)20(25)13-15-8-10-16(11-9-15)23(26)27/h2-3,5-6,8-11H,4,7,12-14H2,1H3. The lowest BCUT2D eigenvalue weighted by Gasteiger charge is -2.29. The molecule has 0 aliphatic carbocycles. The van der Waals surface area contributed by atoms with Crippen molar-refractivity contribution in [2.45, 2.75) is 19.3 Å². The molecule has 0 radical (unpaired) electrons. The van der Waals surface area contributed by atoms with Crippen LogP contribution in [0.5, 0.6) is 5.75 Å². The maximum Gasteiger partial charge on any atom is 0.269 e. The summed E-state index contributed by atoms with van der Waals surface area (Å²) >= 11 is 0. The van der Waals surface area contributed by atoms with Gasteiger partial charge in [-0.2, -0.15) is 0 Å². The third-order valence-corrected chi connectivity index (χ3v) is 4.66. The molecule has 1 aliphatic heterocycles. The molecular formula is C20H21N3O5. The topological polar surface area (TPSA) is 93.0 Å². The largest absolute Gasteiger partial charge is 0.495 e. The van der Waals surface area contributed by atoms with Crippen molar-refractivity contribution in [1.29, 1.82) is 0 Å². The van der Waals surface area contributed by atoms with Crippen LogP contribution in [-0.4, -0.2) is 42.0 Å². The van der Waals surface area contributed by atoms with Gasteiger partial charge in [0.2, 0.25) is 11.8 Å². The molecule has 1 saturated heterocycles. The minimum absolute atomic E-state index is 0.0167. The van der Waals surface area contributed by atoms with Crippen molar-refractivity contribution in [2.75, 3.05) is 25.2 Å². The molecule has 0 saturated carbocycles. The molecule has 1 aliphatic rings. The van der Waals surface area contributed by atoms with Gasteiger partial charge in [-0.3, -0.25) is 24.6 Å². The van der Waals surface area contributed by atoms with Crippen molar-refractivity contribution < 1.29 is 19.2 Å². The summed E-state index contributed by atoms with van der Waals surface area (Å²) < 4.78 is 5.39. The van der Waals surface area contributed by atoms with E-state index in [1.165, 1.54) is 24.1 Å². The number of non-ortho nitro benzene ring substituents is 1. The van der Waals surface area contributed by atoms with Crippen molar-refractivity contribution in [3.63, 3.8) is 0 Å². The molecule has 28 heavy (non-hydrogen) atoms. The number of hydrogen-bond donors (Lipinski definition) is 0. The maximum atomic E-state index is 13.1. The van der Waals surface area contributed by atoms with Crippen molar-refractivity contribution in [1.82, 2.24) is 4.90 Å². The normalized spacial score (nSPS) is 13.5. The van der Waals surface area contributed by atoms with E-state index in [-0.39, 0.29) is 30.6 Å². The predicted octanol–water partition coefficient (Wildman–Crippen LogP) is 2.76. The molecule has 0 unspecified atom stereocenters. The van der Waals surface area contributed by atoms with Crippen LogP contribution in [0, 0.1) is 10.1 Å². The fourth-order valence-electron chi connectivity index (χ4n) is 3.17. The quantitative estimate of drug-likeness (QED) is 0.541. The van der Waals surface area contributed by atoms with Crippen molar-refractivity contribution >= 4 is 23.2 Å². The molecule has 2 aromatic carbocycles. The molecule has 0 aromatic heterocycles. The van der Waals surface area contributed by atoms with Crippen LogP contribution in [-0.2, 0) is 16.0 Å². The van der Waals surface area contributed by atoms with Gasteiger partial charge in [0.05, 0.1) is 24.1 Å². The highest BCUT2D eigenvalue weighted by Crippen LogP contribution is 2.29. The van der Waals surface area contributed by atoms with Gasteiger partial charge in [0.15, 0.2) is 0 Å². The summed E-state index contributed by atoms with van der Waals surface area (Å²) in [5, 5.41) is 10.8. The average Bonchev–Trinajstić information content (AvgIpc) is 3.11. The minimum atomic E-state index is -0.480. The number of nitro groups is 1. The first-order chi connectivity index (χ1) is 13.5. The number of amides is 2. The molecule has 2 amide bonds. The van der Waals surface area contributed by atoms with Crippen LogP contribution in [0.25, 0.3) is 0 Å². The van der Waals surface area contributed by atoms with E-state index in [2.05, 4.69) is 0 Å². The molecular weight excluding hydrogens is 362 g/mol. The first-order valence-corrected chi connectivity index (χ1v) is 8.94. The van der Waals surface area contributed by atoms with E-state index in [1.807, 2.05) is 6.07 Å². The Labute approximate surface area is 162 Å². The third-order valence-electron chi connectivity index (χ3n) is 4.66. The summed E-state index contributed by atoms with van der Waals surface area (Å²) in [4.78, 5) is 38.7. The fraction of sp³-hybridized carbons (Fsp3) is 0.300. The van der Waals surface area contributed by atoms with E-state index >= 15 is 0 Å². The Balaban J connectivity index is 1.85. The number of carbonyl (C=O) groups excluding carboxylic acids is 2. The maximum absolute atomic E-state index is 13.1. The molecule has 3 rings (SSSR count). The van der Waals surface area contributed by atoms with Crippen molar-refractivity contribution in [3.05, 3.63) is 64.2 Å². The first-order valence-electron chi connectivity index (χ1n) is 8.94. The Morgan fingerprint density at radius 2 is 1.93 bits per heavy atom. The van der Waals surface area contributed by atoms with Gasteiger partial charge in [-0.05, 0) is 24.1 Å². The van der Waals surface area contributed by atoms with E-state index in [9.17, 15) is 19.7 Å². The second kappa shape index (κ2) is 8.51. The highest BCUT2D eigenvalue weighted by molar-refractivity contribution is 5.96. The first kappa shape index (κ1) is 19.3. The Bertz CT molecular complexity index is 882. The molecule has 1 fully saturated rings. The summed E-state index contributed by atoms with van der Waals surface area (Å²) in [6.07, 6.45) is 1.31. The number of nitro benzene ring substituents is 1. The average molecular weight is 383 g/mol. The van der Waals surface area contributed by atoms with Crippen LogP contribution in [0.3, 0.4) is 0 Å². The van der Waals surface area contributed by atoms with E-state index in [1.54, 1.807) is 35.2 Å². The van der Waals surface area contributed by atoms with E-state index < -0.39 is 4.92 Å². The molecule has 0 spiro atoms. The number of para-hydroxylation sites is 2. The van der Waals surface area contributed by atoms with Gasteiger partial charge < -0.3 is 9.64 Å². The van der Waals surface area contributed by atoms with Crippen LogP contribution in [0.4, 0.5) is 11.4 Å². The molecule has 0 atom stereocenters. The van der Waals surface area contributed by atoms with Gasteiger partial charge in [0, 0.05) is 25.1 Å². The van der Waals surface area contributed by atoms with Crippen LogP contribution in [0.15, 0.2) is 48.5 Å². The van der Waals surface area contributed by atoms with Gasteiger partial charge in [-0.15, -0.1) is 0 Å². The van der Waals surface area contributed by atoms with E-state index in [0.29, 0.717) is 30.0 Å². The smallest absolute Gasteiger partial charge is 0.269 e. The molecule has 8 heteroatoms. The second-order valence-electron chi connectivity index (χ2n) is 6.50. The fourth-order valence-corrected chi connectivity index (χ4v) is 3.17. The number of carbonyl (C=O) groups is 2. The second-order valence-corrected chi connectivity index (χ2v) is 6.50. The van der Waals surface area contributed by atoms with Gasteiger partial charge >= 0.3 is 0 Å². The molecule has 2 aromatic rings. The van der Waals surface area contributed by atoms with Crippen molar-refractivity contribution in [2.24, 2.45) is 0 Å². The summed E-state index contributed by atoms with van der Waals surface area (Å²) in [5.41, 5.74) is 1.21. The number of likely N-dealkylation sites (tertiary alicyclic amines) is 1. The Morgan fingerprint density at radius 3 is 2.54 bits per heavy atom. The van der Waals surface area contributed by atoms with Crippen molar-refractivity contribution in [3.8, 4) is 5.75 Å². The van der Waals surface area contributed by atoms with Crippen LogP contribution in [0.2, 0.25) is 0 Å². The Hall–Kier alpha value is -3.42. The summed E-state index contributed by atoms with van der Waals surface area (Å²) in [6, 6.07) is 13.0. The van der Waals surface area contributed by atoms with E-state index in [0.717, 1.165) is 6.42 Å². The van der Waals surface area contributed by atoms with Gasteiger partial charge in [0.25, 0.3) is 5.69 Å². The Morgan fingerprint density at radius 1 is 1.21 bits per heavy atom. The number of ether oxygens (including phenoxy) is 1. The number of anilines is 1. The zero-order valence-corrected chi connectivity index (χ0v) is 15.5. The highest BCUT2D eigenvalue weighted by atomic mass is 16.6. The zero-order valence-electron chi connectivity index (χ0n) is 15.5. The molecule has 146 valence electrons. The number of nitrogens with zero attached hydrogens (tertiary/aromatic N) is 3. The van der Waals surface area contributed by atoms with Crippen LogP contribution < -0.4 is 9.64 Å². The minimum Gasteiger partial charge on any atom is -0.495 e. The molecule has 8 nitrogen and oxygen atoms in total. The molecule has 0 bridgehead atoms. The predicted molar refractivity (Wildman–Crippen MR) is 103 cm³/mol. The lowest BCUT2D eigenvalue weighted by atomic mass is 10.1. The number of benzene rings is 2. The number of methoxy groups -OCH3 is 1. The van der Waals surface area contributed by atoms with E-state index in [4.69, 9.17) is 4.74 Å². The number of hydrogen-bond acceptors (Lipinski definition) is 5. The summed E-state index contributed by atoms with van der Waals surface area (Å²) in [6.45, 7) is 0.750. The molecule has 1 heterocycles.